The first kappa shape index (κ1) is 19.7. The molecule has 1 aromatic carbocycles. The van der Waals surface area contributed by atoms with Crippen LogP contribution in [0.1, 0.15) is 42.5 Å². The summed E-state index contributed by atoms with van der Waals surface area (Å²) in [6.07, 6.45) is 11.3. The first-order chi connectivity index (χ1) is 13.7. The molecule has 0 unspecified atom stereocenters. The molecule has 0 saturated heterocycles. The van der Waals surface area contributed by atoms with E-state index >= 15 is 0 Å². The van der Waals surface area contributed by atoms with Crippen molar-refractivity contribution in [2.24, 2.45) is 0 Å². The van der Waals surface area contributed by atoms with Crippen molar-refractivity contribution in [1.29, 1.82) is 0 Å². The molecule has 0 saturated carbocycles. The van der Waals surface area contributed by atoms with E-state index in [4.69, 9.17) is 9.47 Å². The monoisotopic (exact) mass is 381 g/mol. The van der Waals surface area contributed by atoms with Crippen LogP contribution in [0.15, 0.2) is 48.3 Å². The predicted octanol–water partition coefficient (Wildman–Crippen LogP) is 4.46. The van der Waals surface area contributed by atoms with Crippen molar-refractivity contribution in [2.75, 3.05) is 26.1 Å². The Kier molecular flexibility index (Phi) is 6.89. The van der Waals surface area contributed by atoms with Crippen LogP contribution in [-0.2, 0) is 0 Å². The lowest BCUT2D eigenvalue weighted by molar-refractivity contribution is 0.0953. The Morgan fingerprint density at radius 1 is 1.14 bits per heavy atom. The normalized spacial score (nSPS) is 13.4. The van der Waals surface area contributed by atoms with E-state index in [1.165, 1.54) is 18.4 Å². The molecular weight excluding hydrogens is 354 g/mol. The number of nitrogens with one attached hydrogen (secondary N) is 2. The summed E-state index contributed by atoms with van der Waals surface area (Å²) in [4.78, 5) is 16.7. The van der Waals surface area contributed by atoms with Crippen LogP contribution in [-0.4, -0.2) is 31.7 Å². The van der Waals surface area contributed by atoms with Crippen LogP contribution in [0.3, 0.4) is 0 Å². The fourth-order valence-corrected chi connectivity index (χ4v) is 3.27. The fraction of sp³-hybridized carbons (Fsp3) is 0.364. The molecule has 1 aliphatic rings. The van der Waals surface area contributed by atoms with Crippen molar-refractivity contribution in [3.63, 3.8) is 0 Å². The van der Waals surface area contributed by atoms with Gasteiger partial charge in [0.1, 0.15) is 11.5 Å². The average molecular weight is 381 g/mol. The first-order valence-corrected chi connectivity index (χ1v) is 9.60. The smallest absolute Gasteiger partial charge is 0.252 e. The molecule has 2 aromatic rings. The van der Waals surface area contributed by atoms with E-state index < -0.39 is 0 Å². The lowest BCUT2D eigenvalue weighted by atomic mass is 9.97. The van der Waals surface area contributed by atoms with Crippen molar-refractivity contribution in [3.8, 4) is 11.5 Å². The van der Waals surface area contributed by atoms with E-state index in [-0.39, 0.29) is 5.91 Å². The second kappa shape index (κ2) is 9.78. The van der Waals surface area contributed by atoms with Crippen molar-refractivity contribution < 1.29 is 14.3 Å². The minimum atomic E-state index is -0.120. The number of ether oxygens (including phenoxy) is 2. The van der Waals surface area contributed by atoms with Crippen molar-refractivity contribution >= 4 is 17.3 Å². The average Bonchev–Trinajstić information content (AvgIpc) is 2.74. The zero-order valence-corrected chi connectivity index (χ0v) is 16.5. The lowest BCUT2D eigenvalue weighted by Crippen LogP contribution is -2.25. The number of carbonyl (C=O) groups excluding carboxylic acids is 1. The quantitative estimate of drug-likeness (QED) is 0.661. The van der Waals surface area contributed by atoms with Crippen LogP contribution in [0.4, 0.5) is 11.4 Å². The Morgan fingerprint density at radius 3 is 2.79 bits per heavy atom. The van der Waals surface area contributed by atoms with Gasteiger partial charge in [-0.2, -0.15) is 0 Å². The second-order valence-corrected chi connectivity index (χ2v) is 6.77. The number of benzene rings is 1. The summed E-state index contributed by atoms with van der Waals surface area (Å²) >= 11 is 0. The fourth-order valence-electron chi connectivity index (χ4n) is 3.27. The number of pyridine rings is 1. The van der Waals surface area contributed by atoms with Gasteiger partial charge >= 0.3 is 0 Å². The molecule has 0 spiro atoms. The van der Waals surface area contributed by atoms with E-state index in [1.807, 2.05) is 18.2 Å². The highest BCUT2D eigenvalue weighted by Crippen LogP contribution is 2.31. The summed E-state index contributed by atoms with van der Waals surface area (Å²) in [6.45, 7) is 0.645. The summed E-state index contributed by atoms with van der Waals surface area (Å²) in [6, 6.07) is 7.27. The summed E-state index contributed by atoms with van der Waals surface area (Å²) < 4.78 is 10.7. The molecule has 6 heteroatoms. The molecule has 0 bridgehead atoms. The maximum atomic E-state index is 12.5. The molecule has 0 aliphatic heterocycles. The molecule has 0 atom stereocenters. The van der Waals surface area contributed by atoms with Gasteiger partial charge in [0.25, 0.3) is 5.91 Å². The number of hydrogen-bond donors (Lipinski definition) is 2. The molecule has 0 fully saturated rings. The largest absolute Gasteiger partial charge is 0.497 e. The molecule has 1 aliphatic carbocycles. The minimum absolute atomic E-state index is 0.120. The van der Waals surface area contributed by atoms with Crippen LogP contribution in [0.2, 0.25) is 0 Å². The number of allylic oxidation sites excluding steroid dienone is 1. The molecule has 1 heterocycles. The van der Waals surface area contributed by atoms with Crippen molar-refractivity contribution in [2.45, 2.75) is 32.1 Å². The SMILES string of the molecule is COc1ccc(OC)c(Nc2cncc(C(=O)NCCC3=CCCCC3)c2)c1. The molecule has 28 heavy (non-hydrogen) atoms. The molecule has 0 radical (unpaired) electrons. The van der Waals surface area contributed by atoms with E-state index in [9.17, 15) is 4.79 Å². The molecule has 148 valence electrons. The number of methoxy groups -OCH3 is 2. The van der Waals surface area contributed by atoms with E-state index in [2.05, 4.69) is 21.7 Å². The number of carbonyl (C=O) groups is 1. The van der Waals surface area contributed by atoms with Gasteiger partial charge in [0, 0.05) is 18.8 Å². The summed E-state index contributed by atoms with van der Waals surface area (Å²) in [5, 5.41) is 6.23. The van der Waals surface area contributed by atoms with Crippen LogP contribution < -0.4 is 20.1 Å². The third-order valence-corrected chi connectivity index (χ3v) is 4.80. The van der Waals surface area contributed by atoms with E-state index in [0.717, 1.165) is 24.9 Å². The third-order valence-electron chi connectivity index (χ3n) is 4.80. The van der Waals surface area contributed by atoms with Crippen LogP contribution >= 0.6 is 0 Å². The van der Waals surface area contributed by atoms with Gasteiger partial charge in [-0.25, -0.2) is 0 Å². The summed E-state index contributed by atoms with van der Waals surface area (Å²) in [5.41, 5.74) is 3.41. The zero-order valence-electron chi connectivity index (χ0n) is 16.5. The Balaban J connectivity index is 1.63. The third kappa shape index (κ3) is 5.25. The van der Waals surface area contributed by atoms with Gasteiger partial charge in [-0.15, -0.1) is 0 Å². The van der Waals surface area contributed by atoms with Crippen LogP contribution in [0, 0.1) is 0 Å². The Morgan fingerprint density at radius 2 is 2.04 bits per heavy atom. The Hall–Kier alpha value is -3.02. The van der Waals surface area contributed by atoms with Crippen LogP contribution in [0.5, 0.6) is 11.5 Å². The number of aromatic nitrogens is 1. The maximum absolute atomic E-state index is 12.5. The van der Waals surface area contributed by atoms with Gasteiger partial charge < -0.3 is 20.1 Å². The van der Waals surface area contributed by atoms with Gasteiger partial charge in [-0.1, -0.05) is 11.6 Å². The first-order valence-electron chi connectivity index (χ1n) is 9.60. The number of nitrogens with zero attached hydrogens (tertiary/aromatic N) is 1. The maximum Gasteiger partial charge on any atom is 0.252 e. The Labute approximate surface area is 166 Å². The van der Waals surface area contributed by atoms with E-state index in [0.29, 0.717) is 29.3 Å². The molecule has 3 rings (SSSR count). The van der Waals surface area contributed by atoms with Gasteiger partial charge in [0.2, 0.25) is 0 Å². The highest BCUT2D eigenvalue weighted by atomic mass is 16.5. The predicted molar refractivity (Wildman–Crippen MR) is 111 cm³/mol. The van der Waals surface area contributed by atoms with Crippen molar-refractivity contribution in [1.82, 2.24) is 10.3 Å². The number of anilines is 2. The Bertz CT molecular complexity index is 849. The molecule has 1 aromatic heterocycles. The van der Waals surface area contributed by atoms with Gasteiger partial charge in [0.05, 0.1) is 37.4 Å². The lowest BCUT2D eigenvalue weighted by Gasteiger charge is -2.14. The highest BCUT2D eigenvalue weighted by molar-refractivity contribution is 5.94. The number of rotatable bonds is 8. The standard InChI is InChI=1S/C22H27N3O3/c1-27-19-8-9-21(28-2)20(13-19)25-18-12-17(14-23-15-18)22(26)24-11-10-16-6-4-3-5-7-16/h6,8-9,12-15,25H,3-5,7,10-11H2,1-2H3,(H,24,26). The molecule has 2 N–H and O–H groups in total. The van der Waals surface area contributed by atoms with Gasteiger partial charge in [0.15, 0.2) is 0 Å². The second-order valence-electron chi connectivity index (χ2n) is 6.77. The number of hydrogen-bond acceptors (Lipinski definition) is 5. The summed E-state index contributed by atoms with van der Waals surface area (Å²) in [7, 11) is 3.22. The molecular formula is C22H27N3O3. The van der Waals surface area contributed by atoms with Crippen molar-refractivity contribution in [3.05, 3.63) is 53.9 Å². The zero-order chi connectivity index (χ0) is 19.8. The molecule has 1 amide bonds. The molecule has 6 nitrogen and oxygen atoms in total. The van der Waals surface area contributed by atoms with Crippen LogP contribution in [0.25, 0.3) is 0 Å². The number of amides is 1. The summed E-state index contributed by atoms with van der Waals surface area (Å²) in [5.74, 6) is 1.27. The highest BCUT2D eigenvalue weighted by Gasteiger charge is 2.10. The van der Waals surface area contributed by atoms with Gasteiger partial charge in [-0.05, 0) is 50.3 Å². The minimum Gasteiger partial charge on any atom is -0.497 e. The van der Waals surface area contributed by atoms with E-state index in [1.54, 1.807) is 32.7 Å². The topological polar surface area (TPSA) is 72.5 Å². The van der Waals surface area contributed by atoms with Gasteiger partial charge in [-0.3, -0.25) is 9.78 Å².